The lowest BCUT2D eigenvalue weighted by Crippen LogP contribution is -1.90. The molecule has 2 nitrogen and oxygen atoms in total. The number of aryl methyl sites for hydroxylation is 1. The van der Waals surface area contributed by atoms with E-state index in [1.54, 1.807) is 0 Å². The fraction of sp³-hybridized carbons (Fsp3) is 0.0833. The van der Waals surface area contributed by atoms with Crippen LogP contribution >= 0.6 is 0 Å². The van der Waals surface area contributed by atoms with Crippen molar-refractivity contribution in [1.29, 1.82) is 5.26 Å². The fourth-order valence-corrected chi connectivity index (χ4v) is 1.58. The van der Waals surface area contributed by atoms with Crippen LogP contribution in [0.25, 0.3) is 11.3 Å². The summed E-state index contributed by atoms with van der Waals surface area (Å²) in [5.41, 5.74) is 2.78. The van der Waals surface area contributed by atoms with E-state index in [1.165, 1.54) is 0 Å². The fourth-order valence-electron chi connectivity index (χ4n) is 1.58. The van der Waals surface area contributed by atoms with Gasteiger partial charge in [0.25, 0.3) is 0 Å². The van der Waals surface area contributed by atoms with Crippen molar-refractivity contribution >= 4 is 0 Å². The molecule has 14 heavy (non-hydrogen) atoms. The highest BCUT2D eigenvalue weighted by molar-refractivity contribution is 5.67. The maximum absolute atomic E-state index is 8.93. The molecular weight excluding hydrogens is 172 g/mol. The van der Waals surface area contributed by atoms with Crippen LogP contribution in [0.4, 0.5) is 0 Å². The largest absolute Gasteiger partial charge is 0.349 e. The molecule has 0 spiro atoms. The maximum atomic E-state index is 8.93. The molecule has 0 radical (unpaired) electrons. The van der Waals surface area contributed by atoms with Crippen LogP contribution in [0.2, 0.25) is 0 Å². The van der Waals surface area contributed by atoms with Crippen LogP contribution in [0.15, 0.2) is 42.6 Å². The Morgan fingerprint density at radius 3 is 2.50 bits per heavy atom. The summed E-state index contributed by atoms with van der Waals surface area (Å²) in [6.07, 6.45) is 1.90. The van der Waals surface area contributed by atoms with Crippen LogP contribution in [0, 0.1) is 11.3 Å². The van der Waals surface area contributed by atoms with Gasteiger partial charge in [-0.1, -0.05) is 30.3 Å². The number of aromatic nitrogens is 1. The minimum absolute atomic E-state index is 0.721. The van der Waals surface area contributed by atoms with Crippen LogP contribution in [0.1, 0.15) is 5.56 Å². The van der Waals surface area contributed by atoms with E-state index in [4.69, 9.17) is 5.26 Å². The summed E-state index contributed by atoms with van der Waals surface area (Å²) in [6.45, 7) is 0. The standard InChI is InChI=1S/C12H10N2/c1-14-8-7-11(9-13)12(14)10-5-3-2-4-6-10/h2-8H,1H3. The van der Waals surface area contributed by atoms with Gasteiger partial charge in [-0.05, 0) is 11.6 Å². The molecule has 68 valence electrons. The first kappa shape index (κ1) is 8.58. The van der Waals surface area contributed by atoms with E-state index in [0.29, 0.717) is 0 Å². The number of hydrogen-bond donors (Lipinski definition) is 0. The Labute approximate surface area is 83.0 Å². The quantitative estimate of drug-likeness (QED) is 0.666. The maximum Gasteiger partial charge on any atom is 0.101 e. The normalized spacial score (nSPS) is 9.71. The molecule has 0 bridgehead atoms. The molecule has 2 aromatic rings. The monoisotopic (exact) mass is 182 g/mol. The first-order valence-electron chi connectivity index (χ1n) is 4.44. The molecule has 0 fully saturated rings. The summed E-state index contributed by atoms with van der Waals surface area (Å²) in [5.74, 6) is 0. The number of hydrogen-bond acceptors (Lipinski definition) is 1. The summed E-state index contributed by atoms with van der Waals surface area (Å²) < 4.78 is 1.97. The summed E-state index contributed by atoms with van der Waals surface area (Å²) in [6, 6.07) is 14.0. The van der Waals surface area contributed by atoms with Crippen molar-refractivity contribution in [3.63, 3.8) is 0 Å². The lowest BCUT2D eigenvalue weighted by molar-refractivity contribution is 0.936. The minimum Gasteiger partial charge on any atom is -0.349 e. The zero-order chi connectivity index (χ0) is 9.97. The van der Waals surface area contributed by atoms with Crippen molar-refractivity contribution in [3.8, 4) is 17.3 Å². The molecule has 2 rings (SSSR count). The van der Waals surface area contributed by atoms with Crippen molar-refractivity contribution in [3.05, 3.63) is 48.2 Å². The van der Waals surface area contributed by atoms with Crippen LogP contribution in [-0.2, 0) is 7.05 Å². The van der Waals surface area contributed by atoms with Crippen molar-refractivity contribution in [1.82, 2.24) is 4.57 Å². The number of nitriles is 1. The molecule has 0 aliphatic heterocycles. The molecule has 0 aliphatic rings. The van der Waals surface area contributed by atoms with Crippen LogP contribution in [0.3, 0.4) is 0 Å². The summed E-state index contributed by atoms with van der Waals surface area (Å²) >= 11 is 0. The first-order valence-corrected chi connectivity index (χ1v) is 4.44. The second-order valence-electron chi connectivity index (χ2n) is 3.17. The second-order valence-corrected chi connectivity index (χ2v) is 3.17. The van der Waals surface area contributed by atoms with Crippen LogP contribution in [0.5, 0.6) is 0 Å². The van der Waals surface area contributed by atoms with E-state index < -0.39 is 0 Å². The average Bonchev–Trinajstić information content (AvgIpc) is 2.61. The SMILES string of the molecule is Cn1ccc(C#N)c1-c1ccccc1. The molecule has 0 saturated heterocycles. The van der Waals surface area contributed by atoms with Gasteiger partial charge in [0.15, 0.2) is 0 Å². The third-order valence-corrected chi connectivity index (χ3v) is 2.24. The molecule has 0 aliphatic carbocycles. The van der Waals surface area contributed by atoms with E-state index in [-0.39, 0.29) is 0 Å². The van der Waals surface area contributed by atoms with Gasteiger partial charge in [0, 0.05) is 13.2 Å². The zero-order valence-electron chi connectivity index (χ0n) is 7.94. The second kappa shape index (κ2) is 3.39. The smallest absolute Gasteiger partial charge is 0.101 e. The van der Waals surface area contributed by atoms with Crippen LogP contribution in [-0.4, -0.2) is 4.57 Å². The molecule has 1 aromatic heterocycles. The third-order valence-electron chi connectivity index (χ3n) is 2.24. The molecule has 0 saturated carbocycles. The van der Waals surface area contributed by atoms with Crippen LogP contribution < -0.4 is 0 Å². The lowest BCUT2D eigenvalue weighted by atomic mass is 10.1. The van der Waals surface area contributed by atoms with Crippen molar-refractivity contribution < 1.29 is 0 Å². The van der Waals surface area contributed by atoms with Gasteiger partial charge in [0.1, 0.15) is 6.07 Å². The summed E-state index contributed by atoms with van der Waals surface area (Å²) in [7, 11) is 1.95. The van der Waals surface area contributed by atoms with Gasteiger partial charge in [-0.15, -0.1) is 0 Å². The molecule has 0 unspecified atom stereocenters. The predicted octanol–water partition coefficient (Wildman–Crippen LogP) is 2.56. The molecule has 1 aromatic carbocycles. The van der Waals surface area contributed by atoms with Gasteiger partial charge in [-0.3, -0.25) is 0 Å². The third kappa shape index (κ3) is 1.29. The highest BCUT2D eigenvalue weighted by atomic mass is 14.9. The van der Waals surface area contributed by atoms with Gasteiger partial charge in [0.2, 0.25) is 0 Å². The van der Waals surface area contributed by atoms with E-state index in [2.05, 4.69) is 6.07 Å². The number of rotatable bonds is 1. The number of benzene rings is 1. The molecule has 2 heteroatoms. The topological polar surface area (TPSA) is 28.7 Å². The Kier molecular flexibility index (Phi) is 2.08. The Morgan fingerprint density at radius 2 is 1.86 bits per heavy atom. The van der Waals surface area contributed by atoms with E-state index in [0.717, 1.165) is 16.8 Å². The highest BCUT2D eigenvalue weighted by Gasteiger charge is 2.07. The first-order chi connectivity index (χ1) is 6.83. The Balaban J connectivity index is 2.63. The summed E-state index contributed by atoms with van der Waals surface area (Å²) in [5, 5.41) is 8.93. The van der Waals surface area contributed by atoms with Gasteiger partial charge < -0.3 is 4.57 Å². The van der Waals surface area contributed by atoms with E-state index in [9.17, 15) is 0 Å². The molecule has 0 amide bonds. The predicted molar refractivity (Wildman–Crippen MR) is 55.6 cm³/mol. The van der Waals surface area contributed by atoms with Gasteiger partial charge in [-0.2, -0.15) is 5.26 Å². The number of nitrogens with zero attached hydrogens (tertiary/aromatic N) is 2. The van der Waals surface area contributed by atoms with Gasteiger partial charge in [-0.25, -0.2) is 0 Å². The molecule has 1 heterocycles. The Hall–Kier alpha value is -2.01. The van der Waals surface area contributed by atoms with Crippen molar-refractivity contribution in [2.45, 2.75) is 0 Å². The van der Waals surface area contributed by atoms with E-state index in [1.807, 2.05) is 54.2 Å². The lowest BCUT2D eigenvalue weighted by Gasteiger charge is -2.03. The average molecular weight is 182 g/mol. The van der Waals surface area contributed by atoms with Crippen molar-refractivity contribution in [2.24, 2.45) is 7.05 Å². The van der Waals surface area contributed by atoms with Gasteiger partial charge in [0.05, 0.1) is 11.3 Å². The molecular formula is C12H10N2. The Bertz CT molecular complexity index is 475. The highest BCUT2D eigenvalue weighted by Crippen LogP contribution is 2.22. The van der Waals surface area contributed by atoms with E-state index >= 15 is 0 Å². The molecule has 0 N–H and O–H groups in total. The van der Waals surface area contributed by atoms with Crippen molar-refractivity contribution in [2.75, 3.05) is 0 Å². The molecule has 0 atom stereocenters. The minimum atomic E-state index is 0.721. The summed E-state index contributed by atoms with van der Waals surface area (Å²) in [4.78, 5) is 0. The zero-order valence-corrected chi connectivity index (χ0v) is 7.94. The van der Waals surface area contributed by atoms with Gasteiger partial charge >= 0.3 is 0 Å². The Morgan fingerprint density at radius 1 is 1.14 bits per heavy atom.